The number of hydrogen-bond acceptors (Lipinski definition) is 6. The Morgan fingerprint density at radius 2 is 1.90 bits per heavy atom. The third-order valence-electron chi connectivity index (χ3n) is 4.45. The number of ether oxygens (including phenoxy) is 1. The lowest BCUT2D eigenvalue weighted by atomic mass is 10.1. The van der Waals surface area contributed by atoms with Crippen LogP contribution in [0.2, 0.25) is 5.02 Å². The average molecular weight is 440 g/mol. The average Bonchev–Trinajstić information content (AvgIpc) is 3.43. The van der Waals surface area contributed by atoms with Gasteiger partial charge in [0.15, 0.2) is 16.8 Å². The molecule has 0 amide bonds. The molecule has 0 aliphatic heterocycles. The Hall–Kier alpha value is -3.03. The van der Waals surface area contributed by atoms with Crippen LogP contribution in [0, 0.1) is 0 Å². The highest BCUT2D eigenvalue weighted by Gasteiger charge is 2.18. The summed E-state index contributed by atoms with van der Waals surface area (Å²) in [5.74, 6) is 2.16. The second-order valence-corrected chi connectivity index (χ2v) is 7.77. The first kappa shape index (κ1) is 20.3. The summed E-state index contributed by atoms with van der Waals surface area (Å²) in [6, 6.07) is 18.3. The number of Topliss-reactive ketones (excluding diaryl/α,β-unsaturated/α-hetero) is 1. The molecule has 0 bridgehead atoms. The van der Waals surface area contributed by atoms with Crippen LogP contribution in [0.15, 0.2) is 76.5 Å². The van der Waals surface area contributed by atoms with Crippen molar-refractivity contribution in [2.45, 2.75) is 11.7 Å². The van der Waals surface area contributed by atoms with E-state index in [1.165, 1.54) is 11.8 Å². The Morgan fingerprint density at radius 1 is 1.10 bits per heavy atom. The van der Waals surface area contributed by atoms with Gasteiger partial charge in [0.05, 0.1) is 31.2 Å². The largest absolute Gasteiger partial charge is 0.496 e. The topological polar surface area (TPSA) is 70.2 Å². The summed E-state index contributed by atoms with van der Waals surface area (Å²) in [5, 5.41) is 9.94. The van der Waals surface area contributed by atoms with Crippen LogP contribution in [0.25, 0.3) is 11.4 Å². The Kier molecular flexibility index (Phi) is 6.21. The van der Waals surface area contributed by atoms with E-state index in [-0.39, 0.29) is 11.5 Å². The second kappa shape index (κ2) is 9.19. The summed E-state index contributed by atoms with van der Waals surface area (Å²) in [6.07, 6.45) is 1.62. The van der Waals surface area contributed by atoms with Crippen molar-refractivity contribution in [3.63, 3.8) is 0 Å². The number of carbonyl (C=O) groups excluding carboxylic acids is 1. The maximum atomic E-state index is 12.7. The molecular weight excluding hydrogens is 422 g/mol. The van der Waals surface area contributed by atoms with Crippen LogP contribution in [-0.2, 0) is 6.54 Å². The van der Waals surface area contributed by atoms with Gasteiger partial charge in [-0.3, -0.25) is 9.36 Å². The molecule has 30 heavy (non-hydrogen) atoms. The number of hydrogen-bond donors (Lipinski definition) is 0. The molecule has 4 aromatic rings. The predicted octanol–water partition coefficient (Wildman–Crippen LogP) is 5.22. The minimum atomic E-state index is -0.0435. The summed E-state index contributed by atoms with van der Waals surface area (Å²) >= 11 is 7.34. The van der Waals surface area contributed by atoms with E-state index in [4.69, 9.17) is 20.8 Å². The van der Waals surface area contributed by atoms with Crippen molar-refractivity contribution in [1.82, 2.24) is 14.8 Å². The maximum Gasteiger partial charge on any atom is 0.192 e. The van der Waals surface area contributed by atoms with Crippen LogP contribution < -0.4 is 4.74 Å². The van der Waals surface area contributed by atoms with Crippen molar-refractivity contribution < 1.29 is 13.9 Å². The van der Waals surface area contributed by atoms with Gasteiger partial charge in [-0.25, -0.2) is 0 Å². The fourth-order valence-electron chi connectivity index (χ4n) is 2.99. The molecule has 2 aromatic heterocycles. The molecule has 0 atom stereocenters. The summed E-state index contributed by atoms with van der Waals surface area (Å²) in [5.41, 5.74) is 1.42. The van der Waals surface area contributed by atoms with Gasteiger partial charge < -0.3 is 9.15 Å². The van der Waals surface area contributed by atoms with E-state index in [2.05, 4.69) is 10.2 Å². The molecule has 2 heterocycles. The summed E-state index contributed by atoms with van der Waals surface area (Å²) in [6.45, 7) is 0.448. The van der Waals surface area contributed by atoms with Gasteiger partial charge in [0.25, 0.3) is 0 Å². The number of aromatic nitrogens is 3. The molecular formula is C22H18ClN3O3S. The van der Waals surface area contributed by atoms with Crippen LogP contribution in [0.4, 0.5) is 0 Å². The molecule has 0 aliphatic carbocycles. The molecule has 0 radical (unpaired) electrons. The maximum absolute atomic E-state index is 12.7. The molecule has 4 rings (SSSR count). The molecule has 0 saturated carbocycles. The van der Waals surface area contributed by atoms with E-state index in [0.29, 0.717) is 33.9 Å². The third-order valence-corrected chi connectivity index (χ3v) is 5.67. The highest BCUT2D eigenvalue weighted by atomic mass is 35.5. The van der Waals surface area contributed by atoms with E-state index in [1.807, 2.05) is 41.0 Å². The zero-order valence-electron chi connectivity index (χ0n) is 16.1. The van der Waals surface area contributed by atoms with Crippen LogP contribution in [0.1, 0.15) is 16.1 Å². The molecule has 0 spiro atoms. The van der Waals surface area contributed by atoms with Crippen molar-refractivity contribution in [3.05, 3.63) is 83.3 Å². The van der Waals surface area contributed by atoms with E-state index < -0.39 is 0 Å². The molecule has 0 N–H and O–H groups in total. The zero-order chi connectivity index (χ0) is 20.9. The van der Waals surface area contributed by atoms with Gasteiger partial charge in [-0.15, -0.1) is 10.2 Å². The number of para-hydroxylation sites is 1. The molecule has 2 aromatic carbocycles. The molecule has 6 nitrogen and oxygen atoms in total. The highest BCUT2D eigenvalue weighted by molar-refractivity contribution is 7.99. The summed E-state index contributed by atoms with van der Waals surface area (Å²) in [4.78, 5) is 12.7. The van der Waals surface area contributed by atoms with Gasteiger partial charge in [-0.2, -0.15) is 0 Å². The van der Waals surface area contributed by atoms with Crippen LogP contribution in [-0.4, -0.2) is 33.4 Å². The van der Waals surface area contributed by atoms with Gasteiger partial charge >= 0.3 is 0 Å². The Balaban J connectivity index is 1.61. The lowest BCUT2D eigenvalue weighted by Gasteiger charge is -2.10. The minimum absolute atomic E-state index is 0.0435. The highest BCUT2D eigenvalue weighted by Crippen LogP contribution is 2.28. The summed E-state index contributed by atoms with van der Waals surface area (Å²) < 4.78 is 12.7. The fraction of sp³-hybridized carbons (Fsp3) is 0.136. The quantitative estimate of drug-likeness (QED) is 0.277. The Labute approximate surface area is 182 Å². The van der Waals surface area contributed by atoms with Crippen LogP contribution in [0.5, 0.6) is 5.75 Å². The van der Waals surface area contributed by atoms with Crippen molar-refractivity contribution in [2.24, 2.45) is 0 Å². The number of benzene rings is 2. The van der Waals surface area contributed by atoms with Crippen LogP contribution >= 0.6 is 23.4 Å². The van der Waals surface area contributed by atoms with Crippen LogP contribution in [0.3, 0.4) is 0 Å². The van der Waals surface area contributed by atoms with Gasteiger partial charge in [-0.05, 0) is 48.5 Å². The SMILES string of the molecule is COc1ccccc1C(=O)CSc1nnc(-c2ccc(Cl)cc2)n1Cc1ccco1. The predicted molar refractivity (Wildman–Crippen MR) is 116 cm³/mol. The van der Waals surface area contributed by atoms with Crippen molar-refractivity contribution in [1.29, 1.82) is 0 Å². The first-order chi connectivity index (χ1) is 14.7. The van der Waals surface area contributed by atoms with Gasteiger partial charge in [0, 0.05) is 10.6 Å². The molecule has 152 valence electrons. The summed E-state index contributed by atoms with van der Waals surface area (Å²) in [7, 11) is 1.55. The van der Waals surface area contributed by atoms with Crippen molar-refractivity contribution >= 4 is 29.1 Å². The van der Waals surface area contributed by atoms with Gasteiger partial charge in [0.2, 0.25) is 0 Å². The second-order valence-electron chi connectivity index (χ2n) is 6.39. The van der Waals surface area contributed by atoms with E-state index in [9.17, 15) is 4.79 Å². The fourth-order valence-corrected chi connectivity index (χ4v) is 3.94. The number of furan rings is 1. The number of rotatable bonds is 8. The molecule has 0 fully saturated rings. The van der Waals surface area contributed by atoms with E-state index in [1.54, 1.807) is 37.6 Å². The molecule has 0 unspecified atom stereocenters. The number of nitrogens with zero attached hydrogens (tertiary/aromatic N) is 3. The van der Waals surface area contributed by atoms with Gasteiger partial charge in [-0.1, -0.05) is 35.5 Å². The number of halogens is 1. The number of thioether (sulfide) groups is 1. The zero-order valence-corrected chi connectivity index (χ0v) is 17.7. The third kappa shape index (κ3) is 4.42. The number of methoxy groups -OCH3 is 1. The first-order valence-corrected chi connectivity index (χ1v) is 10.5. The molecule has 0 aliphatic rings. The Morgan fingerprint density at radius 3 is 2.63 bits per heavy atom. The molecule has 8 heteroatoms. The standard InChI is InChI=1S/C22H18ClN3O3S/c1-28-20-7-3-2-6-18(20)19(27)14-30-22-25-24-21(15-8-10-16(23)11-9-15)26(22)13-17-5-4-12-29-17/h2-12H,13-14H2,1H3. The lowest BCUT2D eigenvalue weighted by molar-refractivity contribution is 0.101. The van der Waals surface area contributed by atoms with E-state index >= 15 is 0 Å². The number of carbonyl (C=O) groups is 1. The molecule has 0 saturated heterocycles. The monoisotopic (exact) mass is 439 g/mol. The minimum Gasteiger partial charge on any atom is -0.496 e. The van der Waals surface area contributed by atoms with Gasteiger partial charge in [0.1, 0.15) is 11.5 Å². The lowest BCUT2D eigenvalue weighted by Crippen LogP contribution is -2.07. The van der Waals surface area contributed by atoms with E-state index in [0.717, 1.165) is 11.3 Å². The number of ketones is 1. The normalized spacial score (nSPS) is 10.9. The van der Waals surface area contributed by atoms with Crippen molar-refractivity contribution in [2.75, 3.05) is 12.9 Å². The van der Waals surface area contributed by atoms with Crippen molar-refractivity contribution in [3.8, 4) is 17.1 Å². The smallest absolute Gasteiger partial charge is 0.192 e. The first-order valence-electron chi connectivity index (χ1n) is 9.16. The Bertz CT molecular complexity index is 1140.